The fourth-order valence-electron chi connectivity index (χ4n) is 2.65. The molecule has 0 aliphatic heterocycles. The molecule has 3 rings (SSSR count). The molecule has 0 atom stereocenters. The molecule has 0 saturated carbocycles. The van der Waals surface area contributed by atoms with Gasteiger partial charge in [-0.3, -0.25) is 4.79 Å². The second-order valence-electron chi connectivity index (χ2n) is 5.39. The molecule has 0 radical (unpaired) electrons. The van der Waals surface area contributed by atoms with Gasteiger partial charge in [0, 0.05) is 16.5 Å². The summed E-state index contributed by atoms with van der Waals surface area (Å²) in [5.41, 5.74) is 1.76. The van der Waals surface area contributed by atoms with E-state index in [-0.39, 0.29) is 22.4 Å². The molecule has 0 unspecified atom stereocenters. The van der Waals surface area contributed by atoms with Crippen molar-refractivity contribution < 1.29 is 9.22 Å². The van der Waals surface area contributed by atoms with Crippen molar-refractivity contribution in [3.8, 4) is 0 Å². The molecule has 23 heavy (non-hydrogen) atoms. The van der Waals surface area contributed by atoms with E-state index < -0.39 is 5.78 Å². The van der Waals surface area contributed by atoms with Crippen LogP contribution in [0.2, 0.25) is 0 Å². The summed E-state index contributed by atoms with van der Waals surface area (Å²) in [5.74, 6) is -0.452. The largest absolute Gasteiger partial charge is 0.805 e. The molecule has 0 N–H and O–H groups in total. The smallest absolute Gasteiger partial charge is 0.329 e. The summed E-state index contributed by atoms with van der Waals surface area (Å²) in [6, 6.07) is 13.6. The summed E-state index contributed by atoms with van der Waals surface area (Å²) < 4.78 is 1.23. The zero-order chi connectivity index (χ0) is 16.6. The molecule has 3 aromatic rings. The first kappa shape index (κ1) is 15.0. The molecule has 5 nitrogen and oxygen atoms in total. The van der Waals surface area contributed by atoms with Gasteiger partial charge >= 0.3 is 5.69 Å². The van der Waals surface area contributed by atoms with Gasteiger partial charge in [0.15, 0.2) is 0 Å². The predicted octanol–water partition coefficient (Wildman–Crippen LogP) is 3.00. The molecule has 0 saturated heterocycles. The minimum absolute atomic E-state index is 0.102. The lowest BCUT2D eigenvalue weighted by Gasteiger charge is -2.16. The highest BCUT2D eigenvalue weighted by Crippen LogP contribution is 2.18. The van der Waals surface area contributed by atoms with Gasteiger partial charge in [0.05, 0.1) is 10.1 Å². The monoisotopic (exact) mass is 308 g/mol. The Labute approximate surface area is 133 Å². The van der Waals surface area contributed by atoms with E-state index in [9.17, 15) is 14.9 Å². The first-order valence-electron chi connectivity index (χ1n) is 7.42. The fraction of sp³-hybridized carbons (Fsp3) is 0.167. The van der Waals surface area contributed by atoms with Gasteiger partial charge in [-0.15, -0.1) is 0 Å². The van der Waals surface area contributed by atoms with Crippen molar-refractivity contribution in [3.05, 3.63) is 81.2 Å². The number of fused-ring (bicyclic) bond motifs is 1. The van der Waals surface area contributed by atoms with E-state index in [1.165, 1.54) is 6.92 Å². The number of benzene rings is 2. The third-order valence-electron chi connectivity index (χ3n) is 3.99. The van der Waals surface area contributed by atoms with Crippen LogP contribution in [-0.4, -0.2) is 10.5 Å². The van der Waals surface area contributed by atoms with Crippen LogP contribution < -0.4 is 4.43 Å². The van der Waals surface area contributed by atoms with E-state index in [4.69, 9.17) is 0 Å². The maximum Gasteiger partial charge on any atom is 0.329 e. The number of carbonyl (C=O) groups is 1. The summed E-state index contributed by atoms with van der Waals surface area (Å²) in [6.07, 6.45) is 0.741. The lowest BCUT2D eigenvalue weighted by molar-refractivity contribution is -0.468. The summed E-state index contributed by atoms with van der Waals surface area (Å²) in [4.78, 5) is 25.4. The number of hydrogen-bond acceptors (Lipinski definition) is 3. The predicted molar refractivity (Wildman–Crippen MR) is 88.1 cm³/mol. The Morgan fingerprint density at radius 1 is 1.17 bits per heavy atom. The topological polar surface area (TPSA) is 68.0 Å². The molecule has 1 heterocycles. The van der Waals surface area contributed by atoms with Crippen LogP contribution in [0.15, 0.2) is 48.5 Å². The van der Waals surface area contributed by atoms with Crippen molar-refractivity contribution in [2.45, 2.75) is 20.3 Å². The van der Waals surface area contributed by atoms with Gasteiger partial charge in [-0.1, -0.05) is 43.3 Å². The SMILES string of the molecule is CCc1ccc2c(c1)[n+](=O)c(C(=O)c1ccccc1)c(C)n2[O-]. The number of nitrogens with zero attached hydrogens (tertiary/aromatic N) is 2. The normalized spacial score (nSPS) is 10.9. The maximum absolute atomic E-state index is 12.7. The minimum Gasteiger partial charge on any atom is -0.805 e. The highest BCUT2D eigenvalue weighted by Gasteiger charge is 2.27. The van der Waals surface area contributed by atoms with E-state index in [0.29, 0.717) is 14.7 Å². The van der Waals surface area contributed by atoms with Crippen LogP contribution in [-0.2, 0) is 6.42 Å². The quantitative estimate of drug-likeness (QED) is 0.552. The van der Waals surface area contributed by atoms with E-state index in [1.54, 1.807) is 42.5 Å². The van der Waals surface area contributed by atoms with Crippen molar-refractivity contribution >= 4 is 16.8 Å². The zero-order valence-electron chi connectivity index (χ0n) is 12.9. The minimum atomic E-state index is -0.452. The van der Waals surface area contributed by atoms with Crippen molar-refractivity contribution in [1.29, 1.82) is 0 Å². The molecular weight excluding hydrogens is 292 g/mol. The molecule has 116 valence electrons. The molecule has 5 heteroatoms. The second-order valence-corrected chi connectivity index (χ2v) is 5.39. The Bertz CT molecular complexity index is 959. The third kappa shape index (κ3) is 2.40. The number of aryl methyl sites for hydroxylation is 1. The lowest BCUT2D eigenvalue weighted by Crippen LogP contribution is -2.30. The molecule has 0 amide bonds. The van der Waals surface area contributed by atoms with Gasteiger partial charge < -0.3 is 9.94 Å². The molecule has 0 aliphatic carbocycles. The number of hydrogen-bond donors (Lipinski definition) is 0. The Hall–Kier alpha value is -2.95. The Morgan fingerprint density at radius 2 is 1.87 bits per heavy atom. The first-order valence-corrected chi connectivity index (χ1v) is 7.42. The molecule has 0 fully saturated rings. The summed E-state index contributed by atoms with van der Waals surface area (Å²) in [5, 5.41) is 12.4. The van der Waals surface area contributed by atoms with E-state index in [2.05, 4.69) is 0 Å². The molecule has 0 bridgehead atoms. The van der Waals surface area contributed by atoms with Crippen molar-refractivity contribution in [2.75, 3.05) is 0 Å². The average Bonchev–Trinajstić information content (AvgIpc) is 2.60. The fourth-order valence-corrected chi connectivity index (χ4v) is 2.65. The molecular formula is C18H16N2O3. The van der Waals surface area contributed by atoms with Gasteiger partial charge in [0.2, 0.25) is 0 Å². The van der Waals surface area contributed by atoms with Crippen molar-refractivity contribution in [1.82, 2.24) is 4.73 Å². The van der Waals surface area contributed by atoms with Crippen LogP contribution >= 0.6 is 0 Å². The van der Waals surface area contributed by atoms with Gasteiger partial charge in [0.1, 0.15) is 5.52 Å². The molecule has 2 aromatic carbocycles. The second kappa shape index (κ2) is 5.68. The summed E-state index contributed by atoms with van der Waals surface area (Å²) in [7, 11) is 0. The summed E-state index contributed by atoms with van der Waals surface area (Å²) >= 11 is 0. The zero-order valence-corrected chi connectivity index (χ0v) is 12.9. The summed E-state index contributed by atoms with van der Waals surface area (Å²) in [6.45, 7) is 3.45. The number of carbonyl (C=O) groups excluding carboxylic acids is 1. The standard InChI is InChI=1S/C18H16N2O3/c1-3-13-9-10-15-16(11-13)20(23)17(12(2)19(15)22)18(21)14-7-5-4-6-8-14/h4-11H,3H2,1-2H3. The van der Waals surface area contributed by atoms with Crippen LogP contribution in [0.25, 0.3) is 11.0 Å². The van der Waals surface area contributed by atoms with Gasteiger partial charge in [0.25, 0.3) is 11.3 Å². The van der Waals surface area contributed by atoms with Crippen LogP contribution in [0.5, 0.6) is 0 Å². The third-order valence-corrected chi connectivity index (χ3v) is 3.99. The highest BCUT2D eigenvalue weighted by atomic mass is 16.5. The van der Waals surface area contributed by atoms with Gasteiger partial charge in [-0.05, 0) is 25.0 Å². The molecule has 0 aliphatic rings. The molecule has 1 aromatic heterocycles. The Morgan fingerprint density at radius 3 is 2.52 bits per heavy atom. The first-order chi connectivity index (χ1) is 11.0. The molecule has 0 spiro atoms. The van der Waals surface area contributed by atoms with Crippen LogP contribution in [0.4, 0.5) is 0 Å². The van der Waals surface area contributed by atoms with Crippen LogP contribution in [0.1, 0.15) is 34.2 Å². The number of rotatable bonds is 3. The average molecular weight is 308 g/mol. The van der Waals surface area contributed by atoms with Crippen LogP contribution in [0.3, 0.4) is 0 Å². The maximum atomic E-state index is 12.7. The van der Waals surface area contributed by atoms with E-state index >= 15 is 0 Å². The van der Waals surface area contributed by atoms with Gasteiger partial charge in [-0.25, -0.2) is 0 Å². The van der Waals surface area contributed by atoms with E-state index in [1.807, 2.05) is 13.0 Å². The van der Waals surface area contributed by atoms with Crippen molar-refractivity contribution in [3.63, 3.8) is 0 Å². The Kier molecular flexibility index (Phi) is 3.70. The Balaban J connectivity index is 2.33. The number of ketones is 1. The van der Waals surface area contributed by atoms with Crippen molar-refractivity contribution in [2.24, 2.45) is 0 Å². The van der Waals surface area contributed by atoms with Crippen LogP contribution in [0, 0.1) is 17.0 Å². The highest BCUT2D eigenvalue weighted by molar-refractivity contribution is 6.07. The van der Waals surface area contributed by atoms with Gasteiger partial charge in [-0.2, -0.15) is 0 Å². The van der Waals surface area contributed by atoms with E-state index in [0.717, 1.165) is 12.0 Å². The lowest BCUT2D eigenvalue weighted by atomic mass is 10.1. The number of aromatic nitrogens is 2.